The van der Waals surface area contributed by atoms with E-state index in [9.17, 15) is 0 Å². The summed E-state index contributed by atoms with van der Waals surface area (Å²) in [5, 5.41) is 0.447. The molecule has 0 aromatic carbocycles. The van der Waals surface area contributed by atoms with E-state index in [1.54, 1.807) is 19.4 Å². The lowest BCUT2D eigenvalue weighted by Gasteiger charge is -2.34. The summed E-state index contributed by atoms with van der Waals surface area (Å²) in [6.07, 6.45) is 3.19. The number of rotatable bonds is 2. The molecule has 2 heterocycles. The van der Waals surface area contributed by atoms with Crippen LogP contribution < -0.4 is 0 Å². The van der Waals surface area contributed by atoms with Crippen molar-refractivity contribution in [1.82, 2.24) is 9.97 Å². The molecule has 0 amide bonds. The zero-order chi connectivity index (χ0) is 10.7. The van der Waals surface area contributed by atoms with Crippen LogP contribution in [0.1, 0.15) is 18.7 Å². The second-order valence-electron chi connectivity index (χ2n) is 3.51. The molecule has 1 fully saturated rings. The van der Waals surface area contributed by atoms with Crippen molar-refractivity contribution < 1.29 is 9.47 Å². The number of ether oxygens (including phenoxy) is 2. The average molecular weight is 229 g/mol. The van der Waals surface area contributed by atoms with Gasteiger partial charge in [-0.25, -0.2) is 9.97 Å². The molecule has 82 valence electrons. The van der Waals surface area contributed by atoms with E-state index >= 15 is 0 Å². The number of methoxy groups -OCH3 is 1. The van der Waals surface area contributed by atoms with Gasteiger partial charge in [0.05, 0.1) is 0 Å². The highest BCUT2D eigenvalue weighted by Gasteiger charge is 2.37. The molecule has 0 aliphatic carbocycles. The van der Waals surface area contributed by atoms with E-state index in [2.05, 4.69) is 9.97 Å². The molecular weight excluding hydrogens is 216 g/mol. The van der Waals surface area contributed by atoms with Crippen molar-refractivity contribution in [3.8, 4) is 0 Å². The van der Waals surface area contributed by atoms with Crippen molar-refractivity contribution in [1.29, 1.82) is 0 Å². The lowest BCUT2D eigenvalue weighted by atomic mass is 9.93. The van der Waals surface area contributed by atoms with Gasteiger partial charge in [-0.05, 0) is 6.07 Å². The molecule has 2 rings (SSSR count). The first-order chi connectivity index (χ1) is 7.27. The third-order valence-electron chi connectivity index (χ3n) is 2.72. The van der Waals surface area contributed by atoms with Crippen LogP contribution in [0.3, 0.4) is 0 Å². The first-order valence-corrected chi connectivity index (χ1v) is 5.26. The third-order valence-corrected chi connectivity index (χ3v) is 2.93. The van der Waals surface area contributed by atoms with Crippen LogP contribution in [-0.2, 0) is 15.1 Å². The topological polar surface area (TPSA) is 44.2 Å². The molecule has 1 saturated heterocycles. The van der Waals surface area contributed by atoms with E-state index in [0.717, 1.165) is 12.8 Å². The highest BCUT2D eigenvalue weighted by atomic mass is 35.5. The summed E-state index contributed by atoms with van der Waals surface area (Å²) < 4.78 is 10.9. The van der Waals surface area contributed by atoms with Crippen molar-refractivity contribution in [2.75, 3.05) is 20.3 Å². The fourth-order valence-corrected chi connectivity index (χ4v) is 1.91. The smallest absolute Gasteiger partial charge is 0.162 e. The Bertz CT molecular complexity index is 340. The van der Waals surface area contributed by atoms with Gasteiger partial charge in [0, 0.05) is 39.4 Å². The second kappa shape index (κ2) is 4.43. The summed E-state index contributed by atoms with van der Waals surface area (Å²) in [5.41, 5.74) is -0.427. The Hall–Kier alpha value is -0.710. The van der Waals surface area contributed by atoms with E-state index in [4.69, 9.17) is 21.1 Å². The normalized spacial score (nSPS) is 20.1. The summed E-state index contributed by atoms with van der Waals surface area (Å²) in [5.74, 6) is 0.654. The monoisotopic (exact) mass is 228 g/mol. The molecule has 0 atom stereocenters. The lowest BCUT2D eigenvalue weighted by Crippen LogP contribution is -2.37. The van der Waals surface area contributed by atoms with Crippen molar-refractivity contribution >= 4 is 11.6 Å². The van der Waals surface area contributed by atoms with Gasteiger partial charge in [-0.2, -0.15) is 0 Å². The zero-order valence-corrected chi connectivity index (χ0v) is 9.33. The van der Waals surface area contributed by atoms with Crippen LogP contribution in [0.5, 0.6) is 0 Å². The van der Waals surface area contributed by atoms with Crippen molar-refractivity contribution in [2.24, 2.45) is 0 Å². The molecule has 1 aliphatic heterocycles. The standard InChI is InChI=1S/C10H13ClN2O2/c1-14-10(3-6-15-7-4-10)9-12-5-2-8(11)13-9/h2,5H,3-4,6-7H2,1H3. The van der Waals surface area contributed by atoms with Crippen LogP contribution >= 0.6 is 11.6 Å². The minimum Gasteiger partial charge on any atom is -0.381 e. The van der Waals surface area contributed by atoms with Crippen LogP contribution in [0.4, 0.5) is 0 Å². The van der Waals surface area contributed by atoms with E-state index in [0.29, 0.717) is 24.2 Å². The maximum atomic E-state index is 5.85. The number of halogens is 1. The summed E-state index contributed by atoms with van der Waals surface area (Å²) in [6.45, 7) is 1.34. The molecule has 5 heteroatoms. The predicted octanol–water partition coefficient (Wildman–Crippen LogP) is 1.78. The predicted molar refractivity (Wildman–Crippen MR) is 55.8 cm³/mol. The molecule has 1 aliphatic rings. The van der Waals surface area contributed by atoms with Gasteiger partial charge in [-0.15, -0.1) is 0 Å². The van der Waals surface area contributed by atoms with Gasteiger partial charge in [-0.1, -0.05) is 11.6 Å². The summed E-state index contributed by atoms with van der Waals surface area (Å²) in [6, 6.07) is 1.66. The number of nitrogens with zero attached hydrogens (tertiary/aromatic N) is 2. The number of aromatic nitrogens is 2. The Morgan fingerprint density at radius 3 is 2.80 bits per heavy atom. The van der Waals surface area contributed by atoms with Gasteiger partial charge in [0.1, 0.15) is 10.8 Å². The third kappa shape index (κ3) is 2.12. The Balaban J connectivity index is 2.32. The van der Waals surface area contributed by atoms with Crippen molar-refractivity contribution in [3.63, 3.8) is 0 Å². The molecule has 4 nitrogen and oxygen atoms in total. The van der Waals surface area contributed by atoms with E-state index in [1.807, 2.05) is 0 Å². The van der Waals surface area contributed by atoms with Crippen molar-refractivity contribution in [3.05, 3.63) is 23.2 Å². The minimum atomic E-state index is -0.427. The summed E-state index contributed by atoms with van der Waals surface area (Å²) in [7, 11) is 1.68. The molecule has 0 saturated carbocycles. The molecule has 1 aromatic heterocycles. The van der Waals surface area contributed by atoms with Crippen molar-refractivity contribution in [2.45, 2.75) is 18.4 Å². The van der Waals surface area contributed by atoms with E-state index in [-0.39, 0.29) is 0 Å². The summed E-state index contributed by atoms with van der Waals surface area (Å²) in [4.78, 5) is 8.44. The Labute approximate surface area is 93.6 Å². The van der Waals surface area contributed by atoms with Gasteiger partial charge in [0.15, 0.2) is 5.82 Å². The van der Waals surface area contributed by atoms with Gasteiger partial charge in [-0.3, -0.25) is 0 Å². The van der Waals surface area contributed by atoms with E-state index in [1.165, 1.54) is 0 Å². The van der Waals surface area contributed by atoms with Crippen LogP contribution in [0.25, 0.3) is 0 Å². The molecule has 0 unspecified atom stereocenters. The Kier molecular flexibility index (Phi) is 3.19. The SMILES string of the molecule is COC1(c2nccc(Cl)n2)CCOCC1. The first kappa shape index (κ1) is 10.8. The molecular formula is C10H13ClN2O2. The molecule has 0 spiro atoms. The van der Waals surface area contributed by atoms with Gasteiger partial charge in [0.25, 0.3) is 0 Å². The zero-order valence-electron chi connectivity index (χ0n) is 8.57. The largest absolute Gasteiger partial charge is 0.381 e. The molecule has 0 radical (unpaired) electrons. The number of hydrogen-bond acceptors (Lipinski definition) is 4. The van der Waals surface area contributed by atoms with Gasteiger partial charge >= 0.3 is 0 Å². The van der Waals surface area contributed by atoms with Crippen LogP contribution in [0.2, 0.25) is 5.15 Å². The Morgan fingerprint density at radius 1 is 1.47 bits per heavy atom. The van der Waals surface area contributed by atoms with Gasteiger partial charge in [0.2, 0.25) is 0 Å². The van der Waals surface area contributed by atoms with Crippen LogP contribution in [-0.4, -0.2) is 30.3 Å². The maximum absolute atomic E-state index is 5.85. The quantitative estimate of drug-likeness (QED) is 0.724. The fourth-order valence-electron chi connectivity index (χ4n) is 1.78. The highest BCUT2D eigenvalue weighted by molar-refractivity contribution is 6.29. The minimum absolute atomic E-state index is 0.427. The molecule has 15 heavy (non-hydrogen) atoms. The molecule has 0 bridgehead atoms. The van der Waals surface area contributed by atoms with Gasteiger partial charge < -0.3 is 9.47 Å². The molecule has 0 N–H and O–H groups in total. The second-order valence-corrected chi connectivity index (χ2v) is 3.90. The molecule has 1 aromatic rings. The highest BCUT2D eigenvalue weighted by Crippen LogP contribution is 2.33. The van der Waals surface area contributed by atoms with Crippen LogP contribution in [0.15, 0.2) is 12.3 Å². The first-order valence-electron chi connectivity index (χ1n) is 4.89. The Morgan fingerprint density at radius 2 is 2.20 bits per heavy atom. The maximum Gasteiger partial charge on any atom is 0.162 e. The van der Waals surface area contributed by atoms with Crippen LogP contribution in [0, 0.1) is 0 Å². The van der Waals surface area contributed by atoms with E-state index < -0.39 is 5.60 Å². The summed E-state index contributed by atoms with van der Waals surface area (Å²) >= 11 is 5.85. The fraction of sp³-hybridized carbons (Fsp3) is 0.600. The lowest BCUT2D eigenvalue weighted by molar-refractivity contribution is -0.1000. The average Bonchev–Trinajstić information content (AvgIpc) is 2.30. The number of hydrogen-bond donors (Lipinski definition) is 0.